The Morgan fingerprint density at radius 1 is 1.21 bits per heavy atom. The van der Waals surface area contributed by atoms with Gasteiger partial charge in [-0.15, -0.1) is 11.3 Å². The van der Waals surface area contributed by atoms with Crippen LogP contribution in [0.3, 0.4) is 0 Å². The Balaban J connectivity index is 1.46. The summed E-state index contributed by atoms with van der Waals surface area (Å²) in [6, 6.07) is 9.28. The molecule has 1 aromatic carbocycles. The first kappa shape index (κ1) is 16.1. The van der Waals surface area contributed by atoms with Gasteiger partial charge in [0.25, 0.3) is 0 Å². The monoisotopic (exact) mass is 342 g/mol. The summed E-state index contributed by atoms with van der Waals surface area (Å²) in [5.74, 6) is 0. The van der Waals surface area contributed by atoms with E-state index in [4.69, 9.17) is 0 Å². The summed E-state index contributed by atoms with van der Waals surface area (Å²) in [6.45, 7) is 5.45. The van der Waals surface area contributed by atoms with E-state index in [0.29, 0.717) is 6.04 Å². The molecule has 1 unspecified atom stereocenters. The Morgan fingerprint density at radius 2 is 2.04 bits per heavy atom. The highest BCUT2D eigenvalue weighted by atomic mass is 32.1. The van der Waals surface area contributed by atoms with Crippen LogP contribution in [0.1, 0.15) is 35.0 Å². The van der Waals surface area contributed by atoms with E-state index >= 15 is 0 Å². The second-order valence-corrected chi connectivity index (χ2v) is 7.84. The van der Waals surface area contributed by atoms with Crippen molar-refractivity contribution < 1.29 is 0 Å². The number of likely N-dealkylation sites (N-methyl/N-ethyl adjacent to an activating group) is 1. The fraction of sp³-hybridized carbons (Fsp3) is 0.526. The topological polar surface area (TPSA) is 31.4 Å². The SMILES string of the molecule is CN1CCN(c2ccccc2CNC2CCCc3scnc32)CC1. The lowest BCUT2D eigenvalue weighted by Crippen LogP contribution is -2.45. The van der Waals surface area contributed by atoms with Crippen LogP contribution >= 0.6 is 11.3 Å². The zero-order valence-corrected chi connectivity index (χ0v) is 15.2. The number of para-hydroxylation sites is 1. The smallest absolute Gasteiger partial charge is 0.0798 e. The second-order valence-electron chi connectivity index (χ2n) is 6.91. The molecule has 0 radical (unpaired) electrons. The van der Waals surface area contributed by atoms with Crippen LogP contribution in [0, 0.1) is 0 Å². The number of anilines is 1. The number of rotatable bonds is 4. The van der Waals surface area contributed by atoms with E-state index in [9.17, 15) is 0 Å². The summed E-state index contributed by atoms with van der Waals surface area (Å²) < 4.78 is 0. The van der Waals surface area contributed by atoms with Crippen LogP contribution in [0.5, 0.6) is 0 Å². The maximum absolute atomic E-state index is 4.61. The number of nitrogens with zero attached hydrogens (tertiary/aromatic N) is 3. The molecule has 2 heterocycles. The lowest BCUT2D eigenvalue weighted by Gasteiger charge is -2.35. The number of thiazole rings is 1. The molecule has 2 aromatic rings. The predicted octanol–water partition coefficient (Wildman–Crippen LogP) is 3.06. The predicted molar refractivity (Wildman–Crippen MR) is 101 cm³/mol. The van der Waals surface area contributed by atoms with E-state index < -0.39 is 0 Å². The molecule has 1 fully saturated rings. The zero-order chi connectivity index (χ0) is 16.4. The highest BCUT2D eigenvalue weighted by molar-refractivity contribution is 7.09. The maximum atomic E-state index is 4.61. The summed E-state index contributed by atoms with van der Waals surface area (Å²) in [5.41, 5.74) is 6.10. The van der Waals surface area contributed by atoms with Gasteiger partial charge in [0.1, 0.15) is 0 Å². The van der Waals surface area contributed by atoms with Crippen molar-refractivity contribution in [3.05, 3.63) is 45.9 Å². The largest absolute Gasteiger partial charge is 0.369 e. The zero-order valence-electron chi connectivity index (χ0n) is 14.4. The van der Waals surface area contributed by atoms with Crippen LogP contribution in [-0.4, -0.2) is 43.1 Å². The summed E-state index contributed by atoms with van der Waals surface area (Å²) >= 11 is 1.81. The third kappa shape index (κ3) is 3.34. The average molecular weight is 343 g/mol. The van der Waals surface area contributed by atoms with E-state index in [1.54, 1.807) is 0 Å². The highest BCUT2D eigenvalue weighted by Crippen LogP contribution is 2.32. The molecule has 1 N–H and O–H groups in total. The number of aromatic nitrogens is 1. The van der Waals surface area contributed by atoms with Gasteiger partial charge in [-0.05, 0) is 37.9 Å². The first-order valence-corrected chi connectivity index (χ1v) is 9.86. The molecule has 4 rings (SSSR count). The van der Waals surface area contributed by atoms with Crippen molar-refractivity contribution in [3.8, 4) is 0 Å². The molecule has 1 saturated heterocycles. The van der Waals surface area contributed by atoms with Crippen molar-refractivity contribution in [3.63, 3.8) is 0 Å². The van der Waals surface area contributed by atoms with Crippen molar-refractivity contribution >= 4 is 17.0 Å². The average Bonchev–Trinajstić information content (AvgIpc) is 3.10. The third-order valence-corrected chi connectivity index (χ3v) is 6.18. The quantitative estimate of drug-likeness (QED) is 0.925. The molecular formula is C19H26N4S. The molecule has 1 aliphatic heterocycles. The van der Waals surface area contributed by atoms with E-state index in [1.165, 1.54) is 41.1 Å². The van der Waals surface area contributed by atoms with E-state index in [0.717, 1.165) is 32.7 Å². The van der Waals surface area contributed by atoms with Crippen molar-refractivity contribution in [2.75, 3.05) is 38.1 Å². The molecule has 0 bridgehead atoms. The summed E-state index contributed by atoms with van der Waals surface area (Å²) in [4.78, 5) is 11.0. The van der Waals surface area contributed by atoms with Gasteiger partial charge in [-0.2, -0.15) is 0 Å². The Kier molecular flexibility index (Phi) is 4.83. The minimum absolute atomic E-state index is 0.417. The molecule has 0 amide bonds. The molecular weight excluding hydrogens is 316 g/mol. The number of benzene rings is 1. The van der Waals surface area contributed by atoms with E-state index in [2.05, 4.69) is 51.4 Å². The van der Waals surface area contributed by atoms with Crippen LogP contribution < -0.4 is 10.2 Å². The maximum Gasteiger partial charge on any atom is 0.0798 e. The van der Waals surface area contributed by atoms with Gasteiger partial charge in [0.05, 0.1) is 17.2 Å². The number of hydrogen-bond donors (Lipinski definition) is 1. The highest BCUT2D eigenvalue weighted by Gasteiger charge is 2.23. The lowest BCUT2D eigenvalue weighted by molar-refractivity contribution is 0.312. The normalized spacial score (nSPS) is 21.7. The summed E-state index contributed by atoms with van der Waals surface area (Å²) in [6.07, 6.45) is 3.68. The van der Waals surface area contributed by atoms with Gasteiger partial charge < -0.3 is 15.1 Å². The Bertz CT molecular complexity index is 676. The third-order valence-electron chi connectivity index (χ3n) is 5.27. The Morgan fingerprint density at radius 3 is 2.92 bits per heavy atom. The Hall–Kier alpha value is -1.43. The van der Waals surface area contributed by atoms with Gasteiger partial charge in [-0.3, -0.25) is 0 Å². The van der Waals surface area contributed by atoms with Gasteiger partial charge in [0, 0.05) is 43.3 Å². The number of piperazine rings is 1. The molecule has 4 nitrogen and oxygen atoms in total. The summed E-state index contributed by atoms with van der Waals surface area (Å²) in [7, 11) is 2.21. The van der Waals surface area contributed by atoms with E-state index in [-0.39, 0.29) is 0 Å². The molecule has 24 heavy (non-hydrogen) atoms. The van der Waals surface area contributed by atoms with Gasteiger partial charge in [-0.1, -0.05) is 18.2 Å². The minimum Gasteiger partial charge on any atom is -0.369 e. The summed E-state index contributed by atoms with van der Waals surface area (Å²) in [5, 5.41) is 3.78. The van der Waals surface area contributed by atoms with Gasteiger partial charge in [-0.25, -0.2) is 4.98 Å². The van der Waals surface area contributed by atoms with Crippen LogP contribution in [-0.2, 0) is 13.0 Å². The molecule has 1 atom stereocenters. The van der Waals surface area contributed by atoms with Crippen molar-refractivity contribution in [1.29, 1.82) is 0 Å². The minimum atomic E-state index is 0.417. The fourth-order valence-electron chi connectivity index (χ4n) is 3.80. The standard InChI is InChI=1S/C19H26N4S/c1-22-9-11-23(12-10-22)17-7-3-2-5-15(17)13-20-16-6-4-8-18-19(16)21-14-24-18/h2-3,5,7,14,16,20H,4,6,8-13H2,1H3. The first-order valence-electron chi connectivity index (χ1n) is 8.98. The van der Waals surface area contributed by atoms with Gasteiger partial charge in [0.2, 0.25) is 0 Å². The number of hydrogen-bond acceptors (Lipinski definition) is 5. The van der Waals surface area contributed by atoms with Crippen molar-refractivity contribution in [1.82, 2.24) is 15.2 Å². The van der Waals surface area contributed by atoms with Gasteiger partial charge in [0.15, 0.2) is 0 Å². The van der Waals surface area contributed by atoms with Gasteiger partial charge >= 0.3 is 0 Å². The molecule has 0 saturated carbocycles. The van der Waals surface area contributed by atoms with Crippen LogP contribution in [0.25, 0.3) is 0 Å². The molecule has 128 valence electrons. The molecule has 2 aliphatic rings. The second kappa shape index (κ2) is 7.21. The first-order chi connectivity index (χ1) is 11.8. The molecule has 5 heteroatoms. The molecule has 1 aliphatic carbocycles. The molecule has 0 spiro atoms. The number of aryl methyl sites for hydroxylation is 1. The Labute approximate surface area is 148 Å². The molecule has 1 aromatic heterocycles. The number of nitrogens with one attached hydrogen (secondary N) is 1. The van der Waals surface area contributed by atoms with E-state index in [1.807, 2.05) is 16.8 Å². The lowest BCUT2D eigenvalue weighted by atomic mass is 9.97. The van der Waals surface area contributed by atoms with Crippen LogP contribution in [0.4, 0.5) is 5.69 Å². The van der Waals surface area contributed by atoms with Crippen molar-refractivity contribution in [2.45, 2.75) is 31.8 Å². The van der Waals surface area contributed by atoms with Crippen LogP contribution in [0.15, 0.2) is 29.8 Å². The number of fused-ring (bicyclic) bond motifs is 1. The van der Waals surface area contributed by atoms with Crippen molar-refractivity contribution in [2.24, 2.45) is 0 Å². The van der Waals surface area contributed by atoms with Crippen LogP contribution in [0.2, 0.25) is 0 Å². The fourth-order valence-corrected chi connectivity index (χ4v) is 4.67.